The van der Waals surface area contributed by atoms with E-state index in [1.165, 1.54) is 0 Å². The first-order valence-electron chi connectivity index (χ1n) is 5.87. The minimum atomic E-state index is 0. The summed E-state index contributed by atoms with van der Waals surface area (Å²) in [5.41, 5.74) is 1.89. The summed E-state index contributed by atoms with van der Waals surface area (Å²) in [4.78, 5) is 11.5. The lowest BCUT2D eigenvalue weighted by Crippen LogP contribution is -2.18. The molecule has 1 aromatic rings. The first-order valence-corrected chi connectivity index (χ1v) is 5.87. The molecule has 2 N–H and O–H groups in total. The Labute approximate surface area is 115 Å². The van der Waals surface area contributed by atoms with E-state index < -0.39 is 0 Å². The number of ether oxygens (including phenoxy) is 1. The Morgan fingerprint density at radius 1 is 1.39 bits per heavy atom. The molecule has 0 spiro atoms. The van der Waals surface area contributed by atoms with Gasteiger partial charge in [0.15, 0.2) is 0 Å². The molecular formula is C13H21ClN2O2. The van der Waals surface area contributed by atoms with Crippen LogP contribution in [0.15, 0.2) is 24.3 Å². The van der Waals surface area contributed by atoms with Gasteiger partial charge < -0.3 is 15.4 Å². The zero-order valence-electron chi connectivity index (χ0n) is 10.9. The molecule has 0 radical (unpaired) electrons. The average molecular weight is 273 g/mol. The maximum Gasteiger partial charge on any atom is 0.225 e. The van der Waals surface area contributed by atoms with Crippen LogP contribution in [-0.2, 0) is 16.1 Å². The molecule has 0 saturated carbocycles. The highest BCUT2D eigenvalue weighted by Crippen LogP contribution is 2.11. The summed E-state index contributed by atoms with van der Waals surface area (Å²) >= 11 is 0. The maximum atomic E-state index is 11.5. The van der Waals surface area contributed by atoms with Gasteiger partial charge in [-0.25, -0.2) is 0 Å². The maximum absolute atomic E-state index is 11.5. The Kier molecular flexibility index (Phi) is 9.28. The van der Waals surface area contributed by atoms with Crippen molar-refractivity contribution in [3.8, 4) is 0 Å². The van der Waals surface area contributed by atoms with Crippen molar-refractivity contribution in [1.29, 1.82) is 0 Å². The predicted octanol–water partition coefficient (Wildman–Crippen LogP) is 2.19. The molecule has 0 fully saturated rings. The predicted molar refractivity (Wildman–Crippen MR) is 76.2 cm³/mol. The highest BCUT2D eigenvalue weighted by molar-refractivity contribution is 5.90. The van der Waals surface area contributed by atoms with Crippen molar-refractivity contribution in [2.45, 2.75) is 20.0 Å². The molecule has 1 amide bonds. The Morgan fingerprint density at radius 3 is 2.83 bits per heavy atom. The molecule has 5 heteroatoms. The van der Waals surface area contributed by atoms with Crippen LogP contribution in [0.3, 0.4) is 0 Å². The fraction of sp³-hybridized carbons (Fsp3) is 0.462. The van der Waals surface area contributed by atoms with E-state index in [1.807, 2.05) is 38.2 Å². The number of carbonyl (C=O) groups excluding carboxylic acids is 1. The SMILES string of the molecule is CCOCc1cccc(NC(=O)CCNC)c1.Cl. The quantitative estimate of drug-likeness (QED) is 0.800. The fourth-order valence-electron chi connectivity index (χ4n) is 1.42. The second-order valence-corrected chi connectivity index (χ2v) is 3.74. The van der Waals surface area contributed by atoms with Crippen molar-refractivity contribution >= 4 is 24.0 Å². The molecule has 4 nitrogen and oxygen atoms in total. The van der Waals surface area contributed by atoms with Crippen molar-refractivity contribution in [3.05, 3.63) is 29.8 Å². The molecule has 102 valence electrons. The summed E-state index contributed by atoms with van der Waals surface area (Å²) in [6, 6.07) is 7.72. The van der Waals surface area contributed by atoms with Crippen molar-refractivity contribution in [3.63, 3.8) is 0 Å². The van der Waals surface area contributed by atoms with E-state index in [1.54, 1.807) is 0 Å². The van der Waals surface area contributed by atoms with Crippen LogP contribution >= 0.6 is 12.4 Å². The lowest BCUT2D eigenvalue weighted by molar-refractivity contribution is -0.116. The van der Waals surface area contributed by atoms with Crippen LogP contribution in [0.25, 0.3) is 0 Å². The second-order valence-electron chi connectivity index (χ2n) is 3.74. The third-order valence-corrected chi connectivity index (χ3v) is 2.29. The van der Waals surface area contributed by atoms with Crippen LogP contribution < -0.4 is 10.6 Å². The molecular weight excluding hydrogens is 252 g/mol. The summed E-state index contributed by atoms with van der Waals surface area (Å²) in [5.74, 6) is 0.0212. The van der Waals surface area contributed by atoms with Gasteiger partial charge >= 0.3 is 0 Å². The van der Waals surface area contributed by atoms with Crippen LogP contribution in [0.5, 0.6) is 0 Å². The Balaban J connectivity index is 0.00000289. The number of halogens is 1. The summed E-state index contributed by atoms with van der Waals surface area (Å²) < 4.78 is 5.32. The van der Waals surface area contributed by atoms with Crippen molar-refractivity contribution < 1.29 is 9.53 Å². The van der Waals surface area contributed by atoms with Gasteiger partial charge in [-0.3, -0.25) is 4.79 Å². The Hall–Kier alpha value is -1.10. The third-order valence-electron chi connectivity index (χ3n) is 2.29. The van der Waals surface area contributed by atoms with E-state index in [4.69, 9.17) is 4.74 Å². The van der Waals surface area contributed by atoms with Gasteiger partial charge in [-0.1, -0.05) is 12.1 Å². The van der Waals surface area contributed by atoms with Crippen molar-refractivity contribution in [1.82, 2.24) is 5.32 Å². The van der Waals surface area contributed by atoms with Gasteiger partial charge in [-0.2, -0.15) is 0 Å². The fourth-order valence-corrected chi connectivity index (χ4v) is 1.42. The Morgan fingerprint density at radius 2 is 2.17 bits per heavy atom. The van der Waals surface area contributed by atoms with Gasteiger partial charge in [0.05, 0.1) is 6.61 Å². The summed E-state index contributed by atoms with van der Waals surface area (Å²) in [5, 5.41) is 5.80. The zero-order chi connectivity index (χ0) is 12.5. The molecule has 1 rings (SSSR count). The normalized spacial score (nSPS) is 9.67. The molecule has 1 aromatic carbocycles. The monoisotopic (exact) mass is 272 g/mol. The van der Waals surface area contributed by atoms with Gasteiger partial charge in [0, 0.05) is 25.3 Å². The number of anilines is 1. The summed E-state index contributed by atoms with van der Waals surface area (Å²) in [7, 11) is 1.83. The van der Waals surface area contributed by atoms with Crippen molar-refractivity contribution in [2.24, 2.45) is 0 Å². The Bertz CT molecular complexity index is 359. The molecule has 0 aliphatic heterocycles. The number of nitrogens with one attached hydrogen (secondary N) is 2. The van der Waals surface area contributed by atoms with E-state index in [-0.39, 0.29) is 18.3 Å². The highest BCUT2D eigenvalue weighted by atomic mass is 35.5. The number of hydrogen-bond acceptors (Lipinski definition) is 3. The lowest BCUT2D eigenvalue weighted by atomic mass is 10.2. The van der Waals surface area contributed by atoms with E-state index in [0.29, 0.717) is 26.2 Å². The number of amides is 1. The van der Waals surface area contributed by atoms with Crippen molar-refractivity contribution in [2.75, 3.05) is 25.5 Å². The third kappa shape index (κ3) is 6.59. The van der Waals surface area contributed by atoms with Gasteiger partial charge in [0.2, 0.25) is 5.91 Å². The van der Waals surface area contributed by atoms with Gasteiger partial charge in [0.25, 0.3) is 0 Å². The first-order chi connectivity index (χ1) is 8.26. The van der Waals surface area contributed by atoms with Crippen LogP contribution in [0.2, 0.25) is 0 Å². The van der Waals surface area contributed by atoms with Crippen LogP contribution in [0.4, 0.5) is 5.69 Å². The van der Waals surface area contributed by atoms with E-state index in [9.17, 15) is 4.79 Å². The number of rotatable bonds is 7. The standard InChI is InChI=1S/C13H20N2O2.ClH/c1-3-17-10-11-5-4-6-12(9-11)15-13(16)7-8-14-2;/h4-6,9,14H,3,7-8,10H2,1-2H3,(H,15,16);1H. The summed E-state index contributed by atoms with van der Waals surface area (Å²) in [6.07, 6.45) is 0.478. The van der Waals surface area contributed by atoms with Crippen LogP contribution in [0, 0.1) is 0 Å². The van der Waals surface area contributed by atoms with Gasteiger partial charge in [-0.15, -0.1) is 12.4 Å². The topological polar surface area (TPSA) is 50.4 Å². The van der Waals surface area contributed by atoms with Crippen LogP contribution in [0.1, 0.15) is 18.9 Å². The van der Waals surface area contributed by atoms with Gasteiger partial charge in [0.1, 0.15) is 0 Å². The number of hydrogen-bond donors (Lipinski definition) is 2. The smallest absolute Gasteiger partial charge is 0.225 e. The number of carbonyl (C=O) groups is 1. The van der Waals surface area contributed by atoms with Gasteiger partial charge in [-0.05, 0) is 31.7 Å². The highest BCUT2D eigenvalue weighted by Gasteiger charge is 2.02. The van der Waals surface area contributed by atoms with E-state index in [2.05, 4.69) is 10.6 Å². The zero-order valence-corrected chi connectivity index (χ0v) is 11.7. The minimum absolute atomic E-state index is 0. The number of benzene rings is 1. The van der Waals surface area contributed by atoms with Crippen LogP contribution in [-0.4, -0.2) is 26.1 Å². The minimum Gasteiger partial charge on any atom is -0.377 e. The molecule has 0 aromatic heterocycles. The largest absolute Gasteiger partial charge is 0.377 e. The molecule has 0 bridgehead atoms. The second kappa shape index (κ2) is 9.88. The molecule has 0 heterocycles. The molecule has 0 saturated heterocycles. The molecule has 0 aliphatic rings. The average Bonchev–Trinajstić information content (AvgIpc) is 2.34. The summed E-state index contributed by atoms with van der Waals surface area (Å²) in [6.45, 7) is 3.92. The lowest BCUT2D eigenvalue weighted by Gasteiger charge is -2.07. The molecule has 18 heavy (non-hydrogen) atoms. The first kappa shape index (κ1) is 16.9. The molecule has 0 unspecified atom stereocenters. The molecule has 0 aliphatic carbocycles. The molecule has 0 atom stereocenters. The van der Waals surface area contributed by atoms with E-state index >= 15 is 0 Å². The van der Waals surface area contributed by atoms with E-state index in [0.717, 1.165) is 11.3 Å².